The Morgan fingerprint density at radius 3 is 0.970 bits per heavy atom. The van der Waals surface area contributed by atoms with Crippen molar-refractivity contribution >= 4 is 19.7 Å². The molecule has 0 spiro atoms. The van der Waals surface area contributed by atoms with Crippen LogP contribution in [0.15, 0.2) is 119 Å². The number of benzene rings is 2. The van der Waals surface area contributed by atoms with E-state index in [1.54, 1.807) is 24.3 Å². The van der Waals surface area contributed by atoms with Gasteiger partial charge in [0.2, 0.25) is 0 Å². The van der Waals surface area contributed by atoms with Crippen molar-refractivity contribution in [2.75, 3.05) is 12.5 Å². The molecule has 0 radical (unpaired) electrons. The van der Waals surface area contributed by atoms with Crippen LogP contribution in [0.2, 0.25) is 0 Å². The zero-order chi connectivity index (χ0) is 24.0. The van der Waals surface area contributed by atoms with Gasteiger partial charge in [0.25, 0.3) is 0 Å². The van der Waals surface area contributed by atoms with Gasteiger partial charge in [0.1, 0.15) is 21.3 Å². The average molecular weight is 566 g/mol. The third kappa shape index (κ3) is 13.0. The number of hydrogen-bond acceptors (Lipinski definition) is 6. The molecule has 0 amide bonds. The minimum atomic E-state index is -3.28. The first-order chi connectivity index (χ1) is 15.0. The molecule has 0 fully saturated rings. The summed E-state index contributed by atoms with van der Waals surface area (Å²) in [4.78, 5) is -0.0556. The van der Waals surface area contributed by atoms with Crippen molar-refractivity contribution in [2.24, 2.45) is 0 Å². The number of hydrogen-bond donors (Lipinski definition) is 2. The van der Waals surface area contributed by atoms with Crippen molar-refractivity contribution < 1.29 is 53.3 Å². The van der Waals surface area contributed by atoms with Gasteiger partial charge in [0.05, 0.1) is 0 Å². The van der Waals surface area contributed by atoms with Gasteiger partial charge in [-0.1, -0.05) is 24.3 Å². The molecule has 33 heavy (non-hydrogen) atoms. The molecule has 0 bridgehead atoms. The summed E-state index contributed by atoms with van der Waals surface area (Å²) < 4.78 is 43.6. The molecule has 0 saturated carbocycles. The van der Waals surface area contributed by atoms with Gasteiger partial charge in [-0.2, -0.15) is 36.4 Å². The summed E-state index contributed by atoms with van der Waals surface area (Å²) in [7, 11) is -6.57. The van der Waals surface area contributed by atoms with Crippen LogP contribution in [0.25, 0.3) is 0 Å². The number of sulfone groups is 2. The first-order valence-corrected chi connectivity index (χ1v) is 13.1. The van der Waals surface area contributed by atoms with Gasteiger partial charge in [-0.3, -0.25) is 0 Å². The maximum Gasteiger partial charge on any atom is 2.00 e. The SMILES string of the molecule is CS(=O)(=O)c1ccccc1O.CS(=O)(=O)c1ccccc1O.[Zr+2].c1cc[cH-]c1.c1cc[cH-]c1. The van der Waals surface area contributed by atoms with Gasteiger partial charge < -0.3 is 10.2 Å². The van der Waals surface area contributed by atoms with Crippen molar-refractivity contribution in [3.8, 4) is 11.5 Å². The molecular weight excluding hydrogens is 540 g/mol. The van der Waals surface area contributed by atoms with Crippen molar-refractivity contribution in [1.29, 1.82) is 0 Å². The fourth-order valence-corrected chi connectivity index (χ4v) is 3.73. The van der Waals surface area contributed by atoms with E-state index >= 15 is 0 Å². The molecule has 4 aromatic carbocycles. The third-order valence-corrected chi connectivity index (χ3v) is 5.93. The summed E-state index contributed by atoms with van der Waals surface area (Å²) in [5.41, 5.74) is 0. The number of phenols is 2. The van der Waals surface area contributed by atoms with Crippen LogP contribution in [0.3, 0.4) is 0 Å². The number of phenolic OH excluding ortho intramolecular Hbond substituents is 2. The topological polar surface area (TPSA) is 109 Å². The Kier molecular flexibility index (Phi) is 14.2. The standard InChI is InChI=1S/2C7H8O3S.2C5H5.Zr/c2*1-11(9,10)7-5-3-2-4-6(7)8;2*1-2-4-5-3-1;/h2*2-5,8H,1H3;2*1-5H;/q;;2*-1;+2. The quantitative estimate of drug-likeness (QED) is 0.349. The Morgan fingerprint density at radius 2 is 0.818 bits per heavy atom. The van der Waals surface area contributed by atoms with E-state index in [0.717, 1.165) is 12.5 Å². The third-order valence-electron chi connectivity index (χ3n) is 3.64. The van der Waals surface area contributed by atoms with Crippen LogP contribution in [-0.4, -0.2) is 39.6 Å². The summed E-state index contributed by atoms with van der Waals surface area (Å²) in [6.07, 6.45) is 2.12. The molecule has 9 heteroatoms. The molecule has 0 aliphatic carbocycles. The van der Waals surface area contributed by atoms with Crippen molar-refractivity contribution in [3.63, 3.8) is 0 Å². The van der Waals surface area contributed by atoms with Gasteiger partial charge in [-0.15, -0.1) is 0 Å². The van der Waals surface area contributed by atoms with E-state index in [-0.39, 0.29) is 47.5 Å². The molecule has 6 nitrogen and oxygen atoms in total. The van der Waals surface area contributed by atoms with Crippen molar-refractivity contribution in [2.45, 2.75) is 9.79 Å². The fraction of sp³-hybridized carbons (Fsp3) is 0.0833. The molecule has 174 valence electrons. The number of para-hydroxylation sites is 2. The predicted molar refractivity (Wildman–Crippen MR) is 127 cm³/mol. The second kappa shape index (κ2) is 15.4. The minimum absolute atomic E-state index is 0. The Hall–Kier alpha value is -2.48. The zero-order valence-electron chi connectivity index (χ0n) is 18.2. The van der Waals surface area contributed by atoms with Crippen molar-refractivity contribution in [3.05, 3.63) is 109 Å². The van der Waals surface area contributed by atoms with Crippen LogP contribution in [-0.2, 0) is 45.9 Å². The first kappa shape index (κ1) is 30.5. The molecule has 2 N–H and O–H groups in total. The maximum atomic E-state index is 10.9. The predicted octanol–water partition coefficient (Wildman–Crippen LogP) is 4.40. The van der Waals surface area contributed by atoms with Crippen LogP contribution >= 0.6 is 0 Å². The second-order valence-corrected chi connectivity index (χ2v) is 10.4. The summed E-state index contributed by atoms with van der Waals surface area (Å²) in [6, 6.07) is 31.7. The molecular formula is C24H26O6S2Zr. The fourth-order valence-electron chi connectivity index (χ4n) is 2.18. The molecule has 0 atom stereocenters. The summed E-state index contributed by atoms with van der Waals surface area (Å²) >= 11 is 0. The van der Waals surface area contributed by atoms with E-state index in [9.17, 15) is 16.8 Å². The molecule has 0 unspecified atom stereocenters. The van der Waals surface area contributed by atoms with Crippen LogP contribution in [0.5, 0.6) is 11.5 Å². The summed E-state index contributed by atoms with van der Waals surface area (Å²) in [5, 5.41) is 18.1. The van der Waals surface area contributed by atoms with E-state index in [0.29, 0.717) is 0 Å². The minimum Gasteiger partial charge on any atom is -0.507 e. The summed E-state index contributed by atoms with van der Waals surface area (Å²) in [6.45, 7) is 0. The van der Waals surface area contributed by atoms with Gasteiger partial charge in [-0.05, 0) is 24.3 Å². The molecule has 0 aromatic heterocycles. The van der Waals surface area contributed by atoms with Gasteiger partial charge >= 0.3 is 26.2 Å². The Morgan fingerprint density at radius 1 is 0.545 bits per heavy atom. The van der Waals surface area contributed by atoms with E-state index in [2.05, 4.69) is 0 Å². The molecule has 0 saturated heterocycles. The van der Waals surface area contributed by atoms with E-state index in [1.807, 2.05) is 60.7 Å². The molecule has 0 heterocycles. The van der Waals surface area contributed by atoms with E-state index in [4.69, 9.17) is 10.2 Å². The number of aromatic hydroxyl groups is 2. The van der Waals surface area contributed by atoms with Gasteiger partial charge in [0, 0.05) is 12.5 Å². The van der Waals surface area contributed by atoms with Crippen LogP contribution in [0, 0.1) is 0 Å². The first-order valence-electron chi connectivity index (χ1n) is 9.33. The average Bonchev–Trinajstić information content (AvgIpc) is 3.46. The molecule has 0 aliphatic rings. The summed E-state index contributed by atoms with van der Waals surface area (Å²) in [5.74, 6) is -0.398. The number of rotatable bonds is 2. The van der Waals surface area contributed by atoms with E-state index < -0.39 is 19.7 Å². The van der Waals surface area contributed by atoms with Crippen LogP contribution in [0.4, 0.5) is 0 Å². The normalized spacial score (nSPS) is 10.0. The van der Waals surface area contributed by atoms with Gasteiger partial charge in [0.15, 0.2) is 19.7 Å². The largest absolute Gasteiger partial charge is 2.00 e. The smallest absolute Gasteiger partial charge is 0.507 e. The molecule has 4 rings (SSSR count). The monoisotopic (exact) mass is 564 g/mol. The molecule has 4 aromatic rings. The van der Waals surface area contributed by atoms with Crippen molar-refractivity contribution in [1.82, 2.24) is 0 Å². The van der Waals surface area contributed by atoms with Crippen LogP contribution in [0.1, 0.15) is 0 Å². The van der Waals surface area contributed by atoms with Gasteiger partial charge in [-0.25, -0.2) is 41.1 Å². The zero-order valence-corrected chi connectivity index (χ0v) is 22.3. The Bertz CT molecular complexity index is 1100. The maximum absolute atomic E-state index is 10.9. The van der Waals surface area contributed by atoms with E-state index in [1.165, 1.54) is 24.3 Å². The second-order valence-electron chi connectivity index (χ2n) is 6.40. The Balaban J connectivity index is 0.000000434. The molecule has 0 aliphatic heterocycles. The Labute approximate surface area is 214 Å². The van der Waals surface area contributed by atoms with Crippen LogP contribution < -0.4 is 0 Å².